The van der Waals surface area contributed by atoms with Crippen LogP contribution in [0.5, 0.6) is 0 Å². The molecule has 0 radical (unpaired) electrons. The van der Waals surface area contributed by atoms with Gasteiger partial charge in [-0.25, -0.2) is 0 Å². The van der Waals surface area contributed by atoms with Gasteiger partial charge in [0.2, 0.25) is 0 Å². The summed E-state index contributed by atoms with van der Waals surface area (Å²) < 4.78 is 0. The molecule has 2 unspecified atom stereocenters. The fraction of sp³-hybridized carbons (Fsp3) is 1.00. The third-order valence-corrected chi connectivity index (χ3v) is 4.54. The Kier molecular flexibility index (Phi) is 6.78. The molecule has 0 aromatic rings. The van der Waals surface area contributed by atoms with Gasteiger partial charge >= 0.3 is 0 Å². The molecule has 0 spiro atoms. The predicted octanol–water partition coefficient (Wildman–Crippen LogP) is 2.31. The summed E-state index contributed by atoms with van der Waals surface area (Å²) >= 11 is 2.11. The molecule has 1 fully saturated rings. The summed E-state index contributed by atoms with van der Waals surface area (Å²) in [5.74, 6) is 4.45. The van der Waals surface area contributed by atoms with Crippen molar-refractivity contribution in [2.75, 3.05) is 38.7 Å². The lowest BCUT2D eigenvalue weighted by Gasteiger charge is -2.26. The molecule has 1 aliphatic rings. The number of hydrogen-bond acceptors (Lipinski definition) is 3. The van der Waals surface area contributed by atoms with Gasteiger partial charge in [-0.2, -0.15) is 11.8 Å². The number of thioether (sulfide) groups is 1. The molecule has 1 heterocycles. The van der Waals surface area contributed by atoms with Crippen molar-refractivity contribution in [3.63, 3.8) is 0 Å². The van der Waals surface area contributed by atoms with Crippen LogP contribution in [0.4, 0.5) is 0 Å². The molecule has 2 atom stereocenters. The Balaban J connectivity index is 2.15. The summed E-state index contributed by atoms with van der Waals surface area (Å²) in [6, 6.07) is 0.689. The third-order valence-electron chi connectivity index (χ3n) is 3.31. The molecule has 96 valence electrons. The molecule has 0 saturated carbocycles. The minimum atomic E-state index is 0.689. The monoisotopic (exact) mass is 244 g/mol. The van der Waals surface area contributed by atoms with Crippen molar-refractivity contribution in [1.82, 2.24) is 10.2 Å². The van der Waals surface area contributed by atoms with Crippen LogP contribution in [-0.2, 0) is 0 Å². The van der Waals surface area contributed by atoms with Crippen LogP contribution < -0.4 is 5.32 Å². The molecule has 16 heavy (non-hydrogen) atoms. The lowest BCUT2D eigenvalue weighted by Crippen LogP contribution is -2.40. The highest BCUT2D eigenvalue weighted by atomic mass is 32.2. The highest BCUT2D eigenvalue weighted by molar-refractivity contribution is 7.99. The Hall–Kier alpha value is 0.270. The van der Waals surface area contributed by atoms with Crippen LogP contribution in [0.1, 0.15) is 26.7 Å². The molecule has 1 N–H and O–H groups in total. The molecule has 0 amide bonds. The standard InChI is InChI=1S/C13H28N2S/c1-11(2)7-13(15(3)4)9-14-8-12-5-6-16-10-12/h11-14H,5-10H2,1-4H3. The highest BCUT2D eigenvalue weighted by Crippen LogP contribution is 2.22. The van der Waals surface area contributed by atoms with E-state index in [1.807, 2.05) is 0 Å². The second-order valence-electron chi connectivity index (χ2n) is 5.63. The van der Waals surface area contributed by atoms with E-state index in [9.17, 15) is 0 Å². The smallest absolute Gasteiger partial charge is 0.0216 e. The number of hydrogen-bond donors (Lipinski definition) is 1. The van der Waals surface area contributed by atoms with Crippen LogP contribution in [-0.4, -0.2) is 49.6 Å². The van der Waals surface area contributed by atoms with Gasteiger partial charge in [0.05, 0.1) is 0 Å². The van der Waals surface area contributed by atoms with Gasteiger partial charge in [0, 0.05) is 12.6 Å². The third kappa shape index (κ3) is 5.55. The average Bonchev–Trinajstić information content (AvgIpc) is 2.68. The molecule has 1 aliphatic heterocycles. The largest absolute Gasteiger partial charge is 0.315 e. The Morgan fingerprint density at radius 2 is 2.12 bits per heavy atom. The molecule has 0 bridgehead atoms. The first-order valence-corrected chi connectivity index (χ1v) is 7.70. The first-order chi connectivity index (χ1) is 7.59. The van der Waals surface area contributed by atoms with Gasteiger partial charge in [0.25, 0.3) is 0 Å². The number of likely N-dealkylation sites (N-methyl/N-ethyl adjacent to an activating group) is 1. The normalized spacial score (nSPS) is 23.2. The number of rotatable bonds is 7. The Morgan fingerprint density at radius 3 is 2.62 bits per heavy atom. The quantitative estimate of drug-likeness (QED) is 0.740. The van der Waals surface area contributed by atoms with E-state index in [2.05, 4.69) is 49.9 Å². The van der Waals surface area contributed by atoms with Crippen LogP contribution in [0.15, 0.2) is 0 Å². The van der Waals surface area contributed by atoms with E-state index < -0.39 is 0 Å². The van der Waals surface area contributed by atoms with E-state index >= 15 is 0 Å². The van der Waals surface area contributed by atoms with Gasteiger partial charge in [-0.15, -0.1) is 0 Å². The maximum Gasteiger partial charge on any atom is 0.0216 e. The number of nitrogens with zero attached hydrogens (tertiary/aromatic N) is 1. The summed E-state index contributed by atoms with van der Waals surface area (Å²) in [5.41, 5.74) is 0. The van der Waals surface area contributed by atoms with Gasteiger partial charge in [0.1, 0.15) is 0 Å². The molecular weight excluding hydrogens is 216 g/mol. The SMILES string of the molecule is CC(C)CC(CNCC1CCSC1)N(C)C. The van der Waals surface area contributed by atoms with Gasteiger partial charge in [-0.1, -0.05) is 13.8 Å². The Morgan fingerprint density at radius 1 is 1.38 bits per heavy atom. The first-order valence-electron chi connectivity index (χ1n) is 6.54. The lowest BCUT2D eigenvalue weighted by atomic mass is 10.0. The van der Waals surface area contributed by atoms with Gasteiger partial charge in [-0.05, 0) is 56.8 Å². The van der Waals surface area contributed by atoms with Gasteiger partial charge in [-0.3, -0.25) is 0 Å². The van der Waals surface area contributed by atoms with Crippen molar-refractivity contribution in [2.24, 2.45) is 11.8 Å². The summed E-state index contributed by atoms with van der Waals surface area (Å²) in [6.45, 7) is 6.98. The topological polar surface area (TPSA) is 15.3 Å². The molecular formula is C13H28N2S. The van der Waals surface area contributed by atoms with Gasteiger partial charge in [0.15, 0.2) is 0 Å². The van der Waals surface area contributed by atoms with Crippen LogP contribution in [0.2, 0.25) is 0 Å². The van der Waals surface area contributed by atoms with Crippen LogP contribution in [0.3, 0.4) is 0 Å². The van der Waals surface area contributed by atoms with E-state index in [0.29, 0.717) is 6.04 Å². The minimum absolute atomic E-state index is 0.689. The lowest BCUT2D eigenvalue weighted by molar-refractivity contribution is 0.244. The van der Waals surface area contributed by atoms with Crippen molar-refractivity contribution in [2.45, 2.75) is 32.7 Å². The van der Waals surface area contributed by atoms with E-state index in [1.54, 1.807) is 0 Å². The van der Waals surface area contributed by atoms with Crippen molar-refractivity contribution in [1.29, 1.82) is 0 Å². The molecule has 2 nitrogen and oxygen atoms in total. The van der Waals surface area contributed by atoms with Crippen molar-refractivity contribution in [3.8, 4) is 0 Å². The zero-order chi connectivity index (χ0) is 12.0. The fourth-order valence-electron chi connectivity index (χ4n) is 2.22. The van der Waals surface area contributed by atoms with Crippen LogP contribution in [0.25, 0.3) is 0 Å². The van der Waals surface area contributed by atoms with Gasteiger partial charge < -0.3 is 10.2 Å². The van der Waals surface area contributed by atoms with Crippen molar-refractivity contribution in [3.05, 3.63) is 0 Å². The number of nitrogens with one attached hydrogen (secondary N) is 1. The first kappa shape index (κ1) is 14.3. The maximum absolute atomic E-state index is 3.66. The zero-order valence-corrected chi connectivity index (χ0v) is 12.1. The fourth-order valence-corrected chi connectivity index (χ4v) is 3.50. The molecule has 1 saturated heterocycles. The molecule has 0 aliphatic carbocycles. The summed E-state index contributed by atoms with van der Waals surface area (Å²) in [6.07, 6.45) is 2.70. The van der Waals surface area contributed by atoms with E-state index in [4.69, 9.17) is 0 Å². The Bertz CT molecular complexity index is 177. The molecule has 3 heteroatoms. The minimum Gasteiger partial charge on any atom is -0.315 e. The predicted molar refractivity (Wildman–Crippen MR) is 75.2 cm³/mol. The van der Waals surface area contributed by atoms with Crippen molar-refractivity contribution < 1.29 is 0 Å². The second-order valence-corrected chi connectivity index (χ2v) is 6.78. The molecule has 0 aromatic carbocycles. The van der Waals surface area contributed by atoms with E-state index in [0.717, 1.165) is 18.4 Å². The summed E-state index contributed by atoms with van der Waals surface area (Å²) in [5, 5.41) is 3.66. The average molecular weight is 244 g/mol. The highest BCUT2D eigenvalue weighted by Gasteiger charge is 2.17. The van der Waals surface area contributed by atoms with Crippen molar-refractivity contribution >= 4 is 11.8 Å². The van der Waals surface area contributed by atoms with Crippen LogP contribution in [0, 0.1) is 11.8 Å². The molecule has 0 aromatic heterocycles. The summed E-state index contributed by atoms with van der Waals surface area (Å²) in [7, 11) is 4.39. The Labute approximate surface area is 106 Å². The summed E-state index contributed by atoms with van der Waals surface area (Å²) in [4.78, 5) is 2.36. The van der Waals surface area contributed by atoms with Crippen LogP contribution >= 0.6 is 11.8 Å². The van der Waals surface area contributed by atoms with E-state index in [-0.39, 0.29) is 0 Å². The van der Waals surface area contributed by atoms with E-state index in [1.165, 1.54) is 30.9 Å². The maximum atomic E-state index is 3.66. The zero-order valence-electron chi connectivity index (χ0n) is 11.3. The second kappa shape index (κ2) is 7.57. The molecule has 1 rings (SSSR count).